The SMILES string of the molecule is CCOc1ccc(SCC(=O)NCCc2ccc(C(=O)O)cc2OC)cc1. The summed E-state index contributed by atoms with van der Waals surface area (Å²) in [6, 6.07) is 12.4. The van der Waals surface area contributed by atoms with Crippen molar-refractivity contribution < 1.29 is 24.2 Å². The van der Waals surface area contributed by atoms with Gasteiger partial charge in [0.25, 0.3) is 0 Å². The Labute approximate surface area is 162 Å². The van der Waals surface area contributed by atoms with Crippen LogP contribution < -0.4 is 14.8 Å². The Balaban J connectivity index is 1.78. The van der Waals surface area contributed by atoms with Crippen molar-refractivity contribution in [2.75, 3.05) is 26.0 Å². The average molecular weight is 389 g/mol. The molecule has 144 valence electrons. The van der Waals surface area contributed by atoms with Gasteiger partial charge in [0.05, 0.1) is 25.0 Å². The van der Waals surface area contributed by atoms with Gasteiger partial charge < -0.3 is 19.9 Å². The van der Waals surface area contributed by atoms with Crippen LogP contribution in [-0.4, -0.2) is 43.0 Å². The number of carboxylic acids is 1. The number of nitrogens with one attached hydrogen (secondary N) is 1. The van der Waals surface area contributed by atoms with Crippen LogP contribution in [0.4, 0.5) is 0 Å². The number of carboxylic acid groups (broad SMARTS) is 1. The Kier molecular flexibility index (Phi) is 8.00. The molecular weight excluding hydrogens is 366 g/mol. The number of hydrogen-bond acceptors (Lipinski definition) is 5. The predicted molar refractivity (Wildman–Crippen MR) is 105 cm³/mol. The molecule has 0 spiro atoms. The monoisotopic (exact) mass is 389 g/mol. The van der Waals surface area contributed by atoms with Gasteiger partial charge in [-0.05, 0) is 55.3 Å². The number of hydrogen-bond donors (Lipinski definition) is 2. The highest BCUT2D eigenvalue weighted by Gasteiger charge is 2.09. The fourth-order valence-electron chi connectivity index (χ4n) is 2.42. The number of carbonyl (C=O) groups excluding carboxylic acids is 1. The number of aromatic carboxylic acids is 1. The van der Waals surface area contributed by atoms with Crippen LogP contribution in [0.25, 0.3) is 0 Å². The van der Waals surface area contributed by atoms with Crippen LogP contribution in [0.5, 0.6) is 11.5 Å². The summed E-state index contributed by atoms with van der Waals surface area (Å²) in [6.07, 6.45) is 0.558. The lowest BCUT2D eigenvalue weighted by Gasteiger charge is -2.10. The first-order valence-corrected chi connectivity index (χ1v) is 9.54. The van der Waals surface area contributed by atoms with Crippen molar-refractivity contribution in [3.05, 3.63) is 53.6 Å². The highest BCUT2D eigenvalue weighted by atomic mass is 32.2. The van der Waals surface area contributed by atoms with Gasteiger partial charge >= 0.3 is 5.97 Å². The largest absolute Gasteiger partial charge is 0.496 e. The van der Waals surface area contributed by atoms with E-state index in [1.165, 1.54) is 31.0 Å². The van der Waals surface area contributed by atoms with Crippen LogP contribution in [0.1, 0.15) is 22.8 Å². The summed E-state index contributed by atoms with van der Waals surface area (Å²) in [4.78, 5) is 24.0. The van der Waals surface area contributed by atoms with E-state index < -0.39 is 5.97 Å². The Morgan fingerprint density at radius 3 is 2.52 bits per heavy atom. The lowest BCUT2D eigenvalue weighted by molar-refractivity contribution is -0.118. The minimum absolute atomic E-state index is 0.0602. The first kappa shape index (κ1) is 20.6. The number of carbonyl (C=O) groups is 2. The number of rotatable bonds is 10. The molecule has 0 unspecified atom stereocenters. The van der Waals surface area contributed by atoms with E-state index in [-0.39, 0.29) is 11.5 Å². The Hall–Kier alpha value is -2.67. The molecule has 1 amide bonds. The molecule has 0 saturated heterocycles. The molecular formula is C20H23NO5S. The van der Waals surface area contributed by atoms with Crippen LogP contribution in [0, 0.1) is 0 Å². The molecule has 2 aromatic carbocycles. The average Bonchev–Trinajstić information content (AvgIpc) is 2.67. The lowest BCUT2D eigenvalue weighted by Crippen LogP contribution is -2.27. The topological polar surface area (TPSA) is 84.9 Å². The smallest absolute Gasteiger partial charge is 0.335 e. The normalized spacial score (nSPS) is 10.3. The van der Waals surface area contributed by atoms with Gasteiger partial charge in [-0.3, -0.25) is 4.79 Å². The van der Waals surface area contributed by atoms with Gasteiger partial charge in [-0.25, -0.2) is 4.79 Å². The zero-order valence-electron chi connectivity index (χ0n) is 15.4. The maximum absolute atomic E-state index is 12.0. The van der Waals surface area contributed by atoms with Gasteiger partial charge in [-0.15, -0.1) is 11.8 Å². The predicted octanol–water partition coefficient (Wildman–Crippen LogP) is 3.24. The molecule has 2 rings (SSSR count). The molecule has 7 heteroatoms. The minimum atomic E-state index is -1.00. The first-order chi connectivity index (χ1) is 13.0. The van der Waals surface area contributed by atoms with Crippen molar-refractivity contribution in [2.24, 2.45) is 0 Å². The van der Waals surface area contributed by atoms with Gasteiger partial charge in [0.2, 0.25) is 5.91 Å². The van der Waals surface area contributed by atoms with Gasteiger partial charge in [-0.2, -0.15) is 0 Å². The molecule has 0 aliphatic rings. The quantitative estimate of drug-likeness (QED) is 0.607. The minimum Gasteiger partial charge on any atom is -0.496 e. The highest BCUT2D eigenvalue weighted by molar-refractivity contribution is 8.00. The van der Waals surface area contributed by atoms with Gasteiger partial charge in [0.15, 0.2) is 0 Å². The molecule has 0 heterocycles. The standard InChI is InChI=1S/C20H23NO5S/c1-3-26-16-6-8-17(9-7-16)27-13-19(22)21-11-10-14-4-5-15(20(23)24)12-18(14)25-2/h4-9,12H,3,10-11,13H2,1-2H3,(H,21,22)(H,23,24). The van der Waals surface area contributed by atoms with Crippen molar-refractivity contribution in [3.8, 4) is 11.5 Å². The molecule has 0 saturated carbocycles. The molecule has 0 atom stereocenters. The molecule has 0 aliphatic heterocycles. The van der Waals surface area contributed by atoms with Crippen LogP contribution >= 0.6 is 11.8 Å². The lowest BCUT2D eigenvalue weighted by atomic mass is 10.1. The third-order valence-electron chi connectivity index (χ3n) is 3.76. The van der Waals surface area contributed by atoms with E-state index in [1.54, 1.807) is 6.07 Å². The summed E-state index contributed by atoms with van der Waals surface area (Å²) in [5, 5.41) is 11.9. The number of benzene rings is 2. The Morgan fingerprint density at radius 1 is 1.15 bits per heavy atom. The molecule has 0 fully saturated rings. The summed E-state index contributed by atoms with van der Waals surface area (Å²) < 4.78 is 10.6. The molecule has 2 aromatic rings. The van der Waals surface area contributed by atoms with E-state index >= 15 is 0 Å². The molecule has 0 bridgehead atoms. The summed E-state index contributed by atoms with van der Waals surface area (Å²) in [5.74, 6) is 0.583. The summed E-state index contributed by atoms with van der Waals surface area (Å²) in [7, 11) is 1.50. The van der Waals surface area contributed by atoms with E-state index in [1.807, 2.05) is 31.2 Å². The van der Waals surface area contributed by atoms with Crippen LogP contribution in [0.15, 0.2) is 47.4 Å². The fraction of sp³-hybridized carbons (Fsp3) is 0.300. The van der Waals surface area contributed by atoms with Crippen LogP contribution in [0.3, 0.4) is 0 Å². The summed E-state index contributed by atoms with van der Waals surface area (Å²) in [5.41, 5.74) is 1.02. The maximum Gasteiger partial charge on any atom is 0.335 e. The van der Waals surface area contributed by atoms with Crippen molar-refractivity contribution in [1.82, 2.24) is 5.32 Å². The number of methoxy groups -OCH3 is 1. The first-order valence-electron chi connectivity index (χ1n) is 8.56. The second-order valence-corrected chi connectivity index (χ2v) is 6.67. The van der Waals surface area contributed by atoms with Crippen LogP contribution in [-0.2, 0) is 11.2 Å². The molecule has 27 heavy (non-hydrogen) atoms. The van der Waals surface area contributed by atoms with E-state index in [4.69, 9.17) is 14.6 Å². The zero-order valence-corrected chi connectivity index (χ0v) is 16.2. The van der Waals surface area contributed by atoms with E-state index in [0.717, 1.165) is 16.2 Å². The number of amides is 1. The third kappa shape index (κ3) is 6.53. The van der Waals surface area contributed by atoms with Gasteiger partial charge in [-0.1, -0.05) is 6.07 Å². The van der Waals surface area contributed by atoms with Crippen molar-refractivity contribution >= 4 is 23.6 Å². The van der Waals surface area contributed by atoms with Gasteiger partial charge in [0.1, 0.15) is 11.5 Å². The number of thioether (sulfide) groups is 1. The van der Waals surface area contributed by atoms with E-state index in [0.29, 0.717) is 31.1 Å². The van der Waals surface area contributed by atoms with Crippen molar-refractivity contribution in [1.29, 1.82) is 0 Å². The Morgan fingerprint density at radius 2 is 1.89 bits per heavy atom. The van der Waals surface area contributed by atoms with Crippen molar-refractivity contribution in [3.63, 3.8) is 0 Å². The third-order valence-corrected chi connectivity index (χ3v) is 4.77. The maximum atomic E-state index is 12.0. The Bertz CT molecular complexity index is 776. The second-order valence-electron chi connectivity index (χ2n) is 5.62. The van der Waals surface area contributed by atoms with Crippen molar-refractivity contribution in [2.45, 2.75) is 18.2 Å². The highest BCUT2D eigenvalue weighted by Crippen LogP contribution is 2.22. The molecule has 0 radical (unpaired) electrons. The summed E-state index contributed by atoms with van der Waals surface area (Å²) >= 11 is 1.46. The molecule has 0 aliphatic carbocycles. The molecule has 2 N–H and O–H groups in total. The van der Waals surface area contributed by atoms with E-state index in [9.17, 15) is 9.59 Å². The molecule has 0 aromatic heterocycles. The fourth-order valence-corrected chi connectivity index (χ4v) is 3.15. The zero-order chi connectivity index (χ0) is 19.6. The van der Waals surface area contributed by atoms with Gasteiger partial charge in [0, 0.05) is 11.4 Å². The second kappa shape index (κ2) is 10.5. The summed E-state index contributed by atoms with van der Waals surface area (Å²) in [6.45, 7) is 3.01. The van der Waals surface area contributed by atoms with E-state index in [2.05, 4.69) is 5.32 Å². The number of ether oxygens (including phenoxy) is 2. The van der Waals surface area contributed by atoms with Crippen LogP contribution in [0.2, 0.25) is 0 Å². The molecule has 6 nitrogen and oxygen atoms in total.